The van der Waals surface area contributed by atoms with Gasteiger partial charge in [0, 0.05) is 12.1 Å². The van der Waals surface area contributed by atoms with E-state index >= 15 is 0 Å². The monoisotopic (exact) mass is 264 g/mol. The molecule has 0 saturated heterocycles. The fourth-order valence-corrected chi connectivity index (χ4v) is 2.29. The van der Waals surface area contributed by atoms with Crippen LogP contribution in [0.1, 0.15) is 36.1 Å². The highest BCUT2D eigenvalue weighted by Gasteiger charge is 2.15. The number of ether oxygens (including phenoxy) is 1. The molecule has 3 N–H and O–H groups in total. The van der Waals surface area contributed by atoms with Gasteiger partial charge in [-0.3, -0.25) is 0 Å². The number of benzene rings is 1. The number of methoxy groups -OCH3 is 1. The van der Waals surface area contributed by atoms with Gasteiger partial charge in [0.1, 0.15) is 5.75 Å². The largest absolute Gasteiger partial charge is 0.496 e. The van der Waals surface area contributed by atoms with Crippen LogP contribution in [0, 0.1) is 20.8 Å². The molecule has 0 amide bonds. The van der Waals surface area contributed by atoms with Crippen molar-refractivity contribution in [2.45, 2.75) is 46.6 Å². The highest BCUT2D eigenvalue weighted by molar-refractivity contribution is 5.48. The minimum atomic E-state index is 0.00330. The van der Waals surface area contributed by atoms with Crippen LogP contribution in [0.5, 0.6) is 5.75 Å². The maximum Gasteiger partial charge on any atom is 0.122 e. The van der Waals surface area contributed by atoms with Crippen molar-refractivity contribution >= 4 is 0 Å². The molecule has 0 heterocycles. The summed E-state index contributed by atoms with van der Waals surface area (Å²) >= 11 is 0. The molecule has 1 rings (SSSR count). The summed E-state index contributed by atoms with van der Waals surface area (Å²) in [5.74, 6) is 0.981. The van der Waals surface area contributed by atoms with Gasteiger partial charge < -0.3 is 15.8 Å². The molecule has 0 aliphatic carbocycles. The molecule has 0 atom stereocenters. The first-order valence-electron chi connectivity index (χ1n) is 6.91. The summed E-state index contributed by atoms with van der Waals surface area (Å²) < 4.78 is 5.41. The van der Waals surface area contributed by atoms with Crippen LogP contribution in [0.15, 0.2) is 6.07 Å². The second kappa shape index (κ2) is 6.40. The van der Waals surface area contributed by atoms with Crippen molar-refractivity contribution in [1.82, 2.24) is 5.32 Å². The van der Waals surface area contributed by atoms with Gasteiger partial charge in [0.15, 0.2) is 0 Å². The molecule has 19 heavy (non-hydrogen) atoms. The second-order valence-corrected chi connectivity index (χ2v) is 5.89. The van der Waals surface area contributed by atoms with Crippen LogP contribution in [0.2, 0.25) is 0 Å². The van der Waals surface area contributed by atoms with E-state index in [4.69, 9.17) is 10.5 Å². The Kier molecular flexibility index (Phi) is 5.39. The molecule has 3 nitrogen and oxygen atoms in total. The minimum absolute atomic E-state index is 0.00330. The zero-order valence-electron chi connectivity index (χ0n) is 13.2. The van der Waals surface area contributed by atoms with E-state index in [-0.39, 0.29) is 5.54 Å². The molecule has 0 unspecified atom stereocenters. The Hall–Kier alpha value is -1.06. The molecule has 0 saturated carbocycles. The number of aryl methyl sites for hydroxylation is 1. The quantitative estimate of drug-likeness (QED) is 0.830. The third-order valence-electron chi connectivity index (χ3n) is 3.92. The van der Waals surface area contributed by atoms with Gasteiger partial charge in [0.25, 0.3) is 0 Å². The number of hydrogen-bond acceptors (Lipinski definition) is 3. The Morgan fingerprint density at radius 3 is 2.37 bits per heavy atom. The summed E-state index contributed by atoms with van der Waals surface area (Å²) in [4.78, 5) is 0. The molecule has 1 aromatic carbocycles. The zero-order valence-corrected chi connectivity index (χ0v) is 13.2. The van der Waals surface area contributed by atoms with Gasteiger partial charge in [0.2, 0.25) is 0 Å². The fraction of sp³-hybridized carbons (Fsp3) is 0.625. The van der Waals surface area contributed by atoms with Gasteiger partial charge in [-0.15, -0.1) is 0 Å². The number of nitrogens with one attached hydrogen (secondary N) is 1. The summed E-state index contributed by atoms with van der Waals surface area (Å²) in [7, 11) is 1.73. The van der Waals surface area contributed by atoms with Crippen LogP contribution in [-0.2, 0) is 6.42 Å². The maximum absolute atomic E-state index is 5.73. The predicted octanol–water partition coefficient (Wildman–Crippen LogP) is 2.49. The highest BCUT2D eigenvalue weighted by atomic mass is 16.5. The number of rotatable bonds is 6. The molecule has 1 aromatic rings. The molecule has 0 radical (unpaired) electrons. The van der Waals surface area contributed by atoms with E-state index in [1.54, 1.807) is 7.11 Å². The molecule has 0 bridgehead atoms. The van der Waals surface area contributed by atoms with Gasteiger partial charge in [0.05, 0.1) is 7.11 Å². The normalized spacial score (nSPS) is 11.7. The first kappa shape index (κ1) is 16.0. The third-order valence-corrected chi connectivity index (χ3v) is 3.92. The van der Waals surface area contributed by atoms with Crippen LogP contribution in [-0.4, -0.2) is 25.7 Å². The Labute approximate surface area is 117 Å². The standard InChI is InChI=1S/C16H28N2O/c1-11-9-15(19-6)13(3)12(2)14(11)7-8-18-16(4,5)10-17/h9,18H,7-8,10,17H2,1-6H3. The minimum Gasteiger partial charge on any atom is -0.496 e. The Balaban J connectivity index is 2.82. The highest BCUT2D eigenvalue weighted by Crippen LogP contribution is 2.27. The molecule has 108 valence electrons. The van der Waals surface area contributed by atoms with E-state index in [0.717, 1.165) is 18.7 Å². The zero-order chi connectivity index (χ0) is 14.6. The summed E-state index contributed by atoms with van der Waals surface area (Å²) in [6.07, 6.45) is 1.02. The van der Waals surface area contributed by atoms with Gasteiger partial charge in [-0.25, -0.2) is 0 Å². The lowest BCUT2D eigenvalue weighted by molar-refractivity contribution is 0.400. The topological polar surface area (TPSA) is 47.3 Å². The van der Waals surface area contributed by atoms with Crippen LogP contribution in [0.3, 0.4) is 0 Å². The van der Waals surface area contributed by atoms with Crippen LogP contribution < -0.4 is 15.8 Å². The average Bonchev–Trinajstić information content (AvgIpc) is 2.37. The lowest BCUT2D eigenvalue weighted by Crippen LogP contribution is -2.46. The Morgan fingerprint density at radius 2 is 1.84 bits per heavy atom. The van der Waals surface area contributed by atoms with Gasteiger partial charge in [-0.2, -0.15) is 0 Å². The van der Waals surface area contributed by atoms with E-state index in [9.17, 15) is 0 Å². The van der Waals surface area contributed by atoms with Crippen molar-refractivity contribution in [3.63, 3.8) is 0 Å². The van der Waals surface area contributed by atoms with Crippen molar-refractivity contribution in [2.75, 3.05) is 20.2 Å². The lowest BCUT2D eigenvalue weighted by Gasteiger charge is -2.25. The van der Waals surface area contributed by atoms with E-state index in [0.29, 0.717) is 6.54 Å². The summed E-state index contributed by atoms with van der Waals surface area (Å²) in [6, 6.07) is 2.13. The Bertz CT molecular complexity index is 439. The van der Waals surface area contributed by atoms with Gasteiger partial charge in [-0.1, -0.05) is 0 Å². The third kappa shape index (κ3) is 3.95. The van der Waals surface area contributed by atoms with Crippen LogP contribution in [0.4, 0.5) is 0 Å². The van der Waals surface area contributed by atoms with E-state index in [2.05, 4.69) is 46.0 Å². The van der Waals surface area contributed by atoms with Crippen molar-refractivity contribution in [2.24, 2.45) is 5.73 Å². The van der Waals surface area contributed by atoms with Crippen molar-refractivity contribution in [3.8, 4) is 5.75 Å². The molecule has 0 fully saturated rings. The fourth-order valence-electron chi connectivity index (χ4n) is 2.29. The molecule has 0 aliphatic heterocycles. The van der Waals surface area contributed by atoms with E-state index in [1.165, 1.54) is 22.3 Å². The molecule has 3 heteroatoms. The maximum atomic E-state index is 5.73. The number of nitrogens with two attached hydrogens (primary N) is 1. The molecular formula is C16H28N2O. The smallest absolute Gasteiger partial charge is 0.122 e. The predicted molar refractivity (Wildman–Crippen MR) is 82.0 cm³/mol. The van der Waals surface area contributed by atoms with Crippen LogP contribution in [0.25, 0.3) is 0 Å². The van der Waals surface area contributed by atoms with E-state index < -0.39 is 0 Å². The first-order chi connectivity index (χ1) is 8.82. The van der Waals surface area contributed by atoms with Gasteiger partial charge >= 0.3 is 0 Å². The molecule has 0 aliphatic rings. The lowest BCUT2D eigenvalue weighted by atomic mass is 9.94. The second-order valence-electron chi connectivity index (χ2n) is 5.89. The summed E-state index contributed by atoms with van der Waals surface area (Å²) in [6.45, 7) is 12.3. The van der Waals surface area contributed by atoms with Gasteiger partial charge in [-0.05, 0) is 75.9 Å². The van der Waals surface area contributed by atoms with Crippen LogP contribution >= 0.6 is 0 Å². The van der Waals surface area contributed by atoms with Crippen molar-refractivity contribution in [3.05, 3.63) is 28.3 Å². The molecular weight excluding hydrogens is 236 g/mol. The average molecular weight is 264 g/mol. The van der Waals surface area contributed by atoms with Crippen molar-refractivity contribution < 1.29 is 4.74 Å². The van der Waals surface area contributed by atoms with E-state index in [1.807, 2.05) is 0 Å². The summed E-state index contributed by atoms with van der Waals surface area (Å²) in [5.41, 5.74) is 11.0. The number of hydrogen-bond donors (Lipinski definition) is 2. The Morgan fingerprint density at radius 1 is 1.21 bits per heavy atom. The summed E-state index contributed by atoms with van der Waals surface area (Å²) in [5, 5.41) is 3.50. The molecule has 0 spiro atoms. The SMILES string of the molecule is COc1cc(C)c(CCNC(C)(C)CN)c(C)c1C. The molecule has 0 aromatic heterocycles. The van der Waals surface area contributed by atoms with Crippen molar-refractivity contribution in [1.29, 1.82) is 0 Å². The first-order valence-corrected chi connectivity index (χ1v) is 6.91.